The van der Waals surface area contributed by atoms with E-state index in [1.807, 2.05) is 6.92 Å². The number of amides is 1. The van der Waals surface area contributed by atoms with Crippen molar-refractivity contribution in [1.82, 2.24) is 5.32 Å². The lowest BCUT2D eigenvalue weighted by molar-refractivity contribution is -0.386. The number of benzene rings is 2. The highest BCUT2D eigenvalue weighted by atomic mass is 16.6. The van der Waals surface area contributed by atoms with E-state index < -0.39 is 16.2 Å². The molecule has 9 nitrogen and oxygen atoms in total. The van der Waals surface area contributed by atoms with Crippen LogP contribution >= 0.6 is 0 Å². The predicted molar refractivity (Wildman–Crippen MR) is 122 cm³/mol. The molecule has 0 spiro atoms. The van der Waals surface area contributed by atoms with Gasteiger partial charge in [-0.25, -0.2) is 0 Å². The van der Waals surface area contributed by atoms with Crippen LogP contribution < -0.4 is 20.5 Å². The smallest absolute Gasteiger partial charge is 0.315 e. The van der Waals surface area contributed by atoms with Crippen molar-refractivity contribution in [2.45, 2.75) is 50.6 Å². The fourth-order valence-corrected chi connectivity index (χ4v) is 4.64. The topological polar surface area (TPSA) is 141 Å². The summed E-state index contributed by atoms with van der Waals surface area (Å²) in [5.74, 6) is 0.257. The van der Waals surface area contributed by atoms with E-state index >= 15 is 0 Å². The molecule has 3 N–H and O–H groups in total. The fourth-order valence-electron chi connectivity index (χ4n) is 4.64. The van der Waals surface area contributed by atoms with Gasteiger partial charge in [0.1, 0.15) is 11.8 Å². The van der Waals surface area contributed by atoms with Gasteiger partial charge in [0.15, 0.2) is 5.75 Å². The summed E-state index contributed by atoms with van der Waals surface area (Å²) in [6.07, 6.45) is 2.34. The maximum Gasteiger partial charge on any atom is 0.315 e. The normalized spacial score (nSPS) is 20.0. The molecule has 0 saturated heterocycles. The number of ether oxygens (including phenoxy) is 2. The van der Waals surface area contributed by atoms with Crippen molar-refractivity contribution in [3.05, 3.63) is 62.7 Å². The predicted octanol–water partition coefficient (Wildman–Crippen LogP) is 3.25. The summed E-state index contributed by atoms with van der Waals surface area (Å²) in [5.41, 5.74) is 7.41. The Hall–Kier alpha value is -3.64. The minimum atomic E-state index is -0.867. The van der Waals surface area contributed by atoms with Crippen LogP contribution in [0.1, 0.15) is 47.9 Å². The molecule has 1 aliphatic carbocycles. The van der Waals surface area contributed by atoms with Gasteiger partial charge in [-0.05, 0) is 61.9 Å². The SMILES string of the molecule is COc1ccc(C2(C(N)=O)CCC(NCc3c(C)ccc(OC)c3[N+](=O)[O-])CC2)cc1C#N. The Morgan fingerprint density at radius 2 is 1.88 bits per heavy atom. The third-order valence-corrected chi connectivity index (χ3v) is 6.63. The Balaban J connectivity index is 1.77. The van der Waals surface area contributed by atoms with Crippen molar-refractivity contribution in [3.8, 4) is 17.6 Å². The number of nitro benzene ring substituents is 1. The second kappa shape index (κ2) is 9.88. The van der Waals surface area contributed by atoms with Gasteiger partial charge in [-0.15, -0.1) is 0 Å². The van der Waals surface area contributed by atoms with Crippen LogP contribution in [0.5, 0.6) is 11.5 Å². The zero-order valence-electron chi connectivity index (χ0n) is 19.0. The Morgan fingerprint density at radius 3 is 2.42 bits per heavy atom. The van der Waals surface area contributed by atoms with E-state index in [-0.39, 0.29) is 17.5 Å². The Bertz CT molecular complexity index is 1100. The largest absolute Gasteiger partial charge is 0.495 e. The molecule has 0 bridgehead atoms. The van der Waals surface area contributed by atoms with Crippen LogP contribution in [0.4, 0.5) is 5.69 Å². The van der Waals surface area contributed by atoms with E-state index in [0.717, 1.165) is 5.56 Å². The van der Waals surface area contributed by atoms with E-state index in [9.17, 15) is 20.2 Å². The maximum atomic E-state index is 12.6. The number of hydrogen-bond donors (Lipinski definition) is 2. The minimum Gasteiger partial charge on any atom is -0.495 e. The lowest BCUT2D eigenvalue weighted by atomic mass is 9.67. The van der Waals surface area contributed by atoms with Crippen molar-refractivity contribution in [2.24, 2.45) is 5.73 Å². The molecule has 174 valence electrons. The molecule has 0 unspecified atom stereocenters. The van der Waals surface area contributed by atoms with Crippen molar-refractivity contribution < 1.29 is 19.2 Å². The van der Waals surface area contributed by atoms with Gasteiger partial charge in [-0.3, -0.25) is 14.9 Å². The van der Waals surface area contributed by atoms with Gasteiger partial charge in [0.05, 0.1) is 35.7 Å². The van der Waals surface area contributed by atoms with Gasteiger partial charge in [-0.1, -0.05) is 12.1 Å². The number of primary amides is 1. The van der Waals surface area contributed by atoms with Crippen LogP contribution in [0.3, 0.4) is 0 Å². The molecule has 0 atom stereocenters. The van der Waals surface area contributed by atoms with Crippen LogP contribution in [0, 0.1) is 28.4 Å². The number of nitrogens with zero attached hydrogens (tertiary/aromatic N) is 2. The van der Waals surface area contributed by atoms with Crippen LogP contribution in [0.15, 0.2) is 30.3 Å². The van der Waals surface area contributed by atoms with E-state index in [1.165, 1.54) is 14.2 Å². The van der Waals surface area contributed by atoms with Gasteiger partial charge >= 0.3 is 5.69 Å². The van der Waals surface area contributed by atoms with Crippen molar-refractivity contribution >= 4 is 11.6 Å². The molecule has 33 heavy (non-hydrogen) atoms. The molecular formula is C24H28N4O5. The molecule has 0 radical (unpaired) electrons. The second-order valence-electron chi connectivity index (χ2n) is 8.30. The third-order valence-electron chi connectivity index (χ3n) is 6.63. The Morgan fingerprint density at radius 1 is 1.24 bits per heavy atom. The van der Waals surface area contributed by atoms with Gasteiger partial charge in [0.2, 0.25) is 5.91 Å². The van der Waals surface area contributed by atoms with Crippen molar-refractivity contribution in [1.29, 1.82) is 5.26 Å². The van der Waals surface area contributed by atoms with E-state index in [4.69, 9.17) is 15.2 Å². The van der Waals surface area contributed by atoms with E-state index in [0.29, 0.717) is 54.7 Å². The molecule has 0 aromatic heterocycles. The highest BCUT2D eigenvalue weighted by molar-refractivity contribution is 5.87. The average Bonchev–Trinajstić information content (AvgIpc) is 2.82. The maximum absolute atomic E-state index is 12.6. The highest BCUT2D eigenvalue weighted by Crippen LogP contribution is 2.41. The molecular weight excluding hydrogens is 424 g/mol. The molecule has 9 heteroatoms. The monoisotopic (exact) mass is 452 g/mol. The number of carbonyl (C=O) groups is 1. The fraction of sp³-hybridized carbons (Fsp3) is 0.417. The van der Waals surface area contributed by atoms with Crippen molar-refractivity contribution in [3.63, 3.8) is 0 Å². The summed E-state index contributed by atoms with van der Waals surface area (Å²) in [7, 11) is 2.90. The zero-order chi connectivity index (χ0) is 24.2. The van der Waals surface area contributed by atoms with E-state index in [2.05, 4.69) is 11.4 Å². The van der Waals surface area contributed by atoms with Crippen LogP contribution in [-0.2, 0) is 16.8 Å². The first-order valence-electron chi connectivity index (χ1n) is 10.7. The average molecular weight is 453 g/mol. The third kappa shape index (κ3) is 4.61. The number of nitrogens with two attached hydrogens (primary N) is 1. The van der Waals surface area contributed by atoms with E-state index in [1.54, 1.807) is 30.3 Å². The first-order chi connectivity index (χ1) is 15.8. The van der Waals surface area contributed by atoms with Crippen LogP contribution in [0.2, 0.25) is 0 Å². The summed E-state index contributed by atoms with van der Waals surface area (Å²) in [5, 5.41) is 24.5. The first-order valence-corrected chi connectivity index (χ1v) is 10.7. The number of nitrogens with one attached hydrogen (secondary N) is 1. The number of hydrogen-bond acceptors (Lipinski definition) is 7. The van der Waals surface area contributed by atoms with Gasteiger partial charge in [0, 0.05) is 12.6 Å². The summed E-state index contributed by atoms with van der Waals surface area (Å²) < 4.78 is 10.4. The number of nitriles is 1. The summed E-state index contributed by atoms with van der Waals surface area (Å²) >= 11 is 0. The lowest BCUT2D eigenvalue weighted by Gasteiger charge is -2.38. The number of nitro groups is 1. The summed E-state index contributed by atoms with van der Waals surface area (Å²) in [6.45, 7) is 2.15. The minimum absolute atomic E-state index is 0.0328. The molecule has 1 aliphatic rings. The van der Waals surface area contributed by atoms with Crippen LogP contribution in [-0.4, -0.2) is 31.1 Å². The summed E-state index contributed by atoms with van der Waals surface area (Å²) in [6, 6.07) is 10.7. The van der Waals surface area contributed by atoms with Crippen molar-refractivity contribution in [2.75, 3.05) is 14.2 Å². The second-order valence-corrected chi connectivity index (χ2v) is 8.30. The van der Waals surface area contributed by atoms with Gasteiger partial charge in [0.25, 0.3) is 0 Å². The lowest BCUT2D eigenvalue weighted by Crippen LogP contribution is -2.47. The number of methoxy groups -OCH3 is 2. The molecule has 1 saturated carbocycles. The zero-order valence-corrected chi connectivity index (χ0v) is 19.0. The first kappa shape index (κ1) is 24.0. The standard InChI is InChI=1S/C24H28N4O5/c1-15-4-6-21(33-3)22(28(30)31)19(15)14-27-18-8-10-24(11-9-18,23(26)29)17-5-7-20(32-2)16(12-17)13-25/h4-7,12,18,27H,8-11,14H2,1-3H3,(H2,26,29). The number of aryl methyl sites for hydroxylation is 1. The highest BCUT2D eigenvalue weighted by Gasteiger charge is 2.42. The molecule has 0 heterocycles. The Labute approximate surface area is 192 Å². The van der Waals surface area contributed by atoms with Gasteiger partial charge in [-0.2, -0.15) is 5.26 Å². The quantitative estimate of drug-likeness (QED) is 0.463. The summed E-state index contributed by atoms with van der Waals surface area (Å²) in [4.78, 5) is 23.8. The molecule has 1 amide bonds. The number of carbonyl (C=O) groups excluding carboxylic acids is 1. The molecule has 2 aromatic rings. The molecule has 1 fully saturated rings. The molecule has 2 aromatic carbocycles. The Kier molecular flexibility index (Phi) is 7.19. The molecule has 0 aliphatic heterocycles. The van der Waals surface area contributed by atoms with Crippen LogP contribution in [0.25, 0.3) is 0 Å². The van der Waals surface area contributed by atoms with Gasteiger partial charge < -0.3 is 20.5 Å². The molecule has 3 rings (SSSR count). The number of rotatable bonds is 8.